The molecular weight excluding hydrogens is 398 g/mol. The lowest BCUT2D eigenvalue weighted by Gasteiger charge is -2.28. The number of benzene rings is 1. The van der Waals surface area contributed by atoms with Crippen molar-refractivity contribution in [2.24, 2.45) is 0 Å². The Morgan fingerprint density at radius 2 is 2.03 bits per heavy atom. The molecule has 1 aromatic carbocycles. The molecule has 32 heavy (non-hydrogen) atoms. The van der Waals surface area contributed by atoms with E-state index in [0.29, 0.717) is 12.1 Å². The SMILES string of the molecule is CN(CCc1c[nH]c2ccccc12)C(=O)c1cccnc1N1CCCC1c1cccnc1. The Morgan fingerprint density at radius 1 is 1.16 bits per heavy atom. The van der Waals surface area contributed by atoms with Gasteiger partial charge in [-0.05, 0) is 54.7 Å². The summed E-state index contributed by atoms with van der Waals surface area (Å²) in [6.07, 6.45) is 10.4. The first-order chi connectivity index (χ1) is 15.7. The molecule has 0 aliphatic carbocycles. The summed E-state index contributed by atoms with van der Waals surface area (Å²) >= 11 is 0. The molecule has 1 atom stereocenters. The van der Waals surface area contributed by atoms with Gasteiger partial charge >= 0.3 is 0 Å². The minimum Gasteiger partial charge on any atom is -0.361 e. The van der Waals surface area contributed by atoms with E-state index >= 15 is 0 Å². The number of para-hydroxylation sites is 1. The van der Waals surface area contributed by atoms with Crippen LogP contribution in [-0.2, 0) is 6.42 Å². The number of carbonyl (C=O) groups excluding carboxylic acids is 1. The summed E-state index contributed by atoms with van der Waals surface area (Å²) in [6.45, 7) is 1.52. The molecule has 6 nitrogen and oxygen atoms in total. The molecule has 1 saturated heterocycles. The van der Waals surface area contributed by atoms with Gasteiger partial charge in [-0.15, -0.1) is 0 Å². The summed E-state index contributed by atoms with van der Waals surface area (Å²) in [5.41, 5.74) is 4.18. The molecule has 4 aromatic rings. The first-order valence-corrected chi connectivity index (χ1v) is 11.1. The van der Waals surface area contributed by atoms with Crippen LogP contribution in [0.2, 0.25) is 0 Å². The second kappa shape index (κ2) is 8.83. The number of hydrogen-bond acceptors (Lipinski definition) is 4. The van der Waals surface area contributed by atoms with Gasteiger partial charge in [0.05, 0.1) is 11.6 Å². The van der Waals surface area contributed by atoms with Gasteiger partial charge in [0, 0.05) is 55.8 Å². The molecule has 6 heteroatoms. The molecule has 1 amide bonds. The Balaban J connectivity index is 1.35. The number of amides is 1. The van der Waals surface area contributed by atoms with Crippen molar-refractivity contribution >= 4 is 22.6 Å². The fourth-order valence-electron chi connectivity index (χ4n) is 4.67. The quantitative estimate of drug-likeness (QED) is 0.490. The summed E-state index contributed by atoms with van der Waals surface area (Å²) in [5.74, 6) is 0.771. The molecule has 1 N–H and O–H groups in total. The lowest BCUT2D eigenvalue weighted by atomic mass is 10.1. The van der Waals surface area contributed by atoms with E-state index in [-0.39, 0.29) is 11.9 Å². The van der Waals surface area contributed by atoms with Crippen LogP contribution < -0.4 is 4.90 Å². The molecule has 0 radical (unpaired) electrons. The average Bonchev–Trinajstić information content (AvgIpc) is 3.50. The summed E-state index contributed by atoms with van der Waals surface area (Å²) in [4.78, 5) is 29.7. The summed E-state index contributed by atoms with van der Waals surface area (Å²) < 4.78 is 0. The van der Waals surface area contributed by atoms with Gasteiger partial charge in [-0.1, -0.05) is 24.3 Å². The maximum absolute atomic E-state index is 13.4. The highest BCUT2D eigenvalue weighted by Gasteiger charge is 2.30. The minimum absolute atomic E-state index is 0.00442. The number of nitrogens with zero attached hydrogens (tertiary/aromatic N) is 4. The smallest absolute Gasteiger partial charge is 0.257 e. The molecule has 0 spiro atoms. The molecule has 0 saturated carbocycles. The largest absolute Gasteiger partial charge is 0.361 e. The van der Waals surface area contributed by atoms with E-state index in [1.807, 2.05) is 49.8 Å². The van der Waals surface area contributed by atoms with Crippen LogP contribution in [0.5, 0.6) is 0 Å². The molecule has 3 aromatic heterocycles. The van der Waals surface area contributed by atoms with Crippen LogP contribution in [0, 0.1) is 0 Å². The standard InChI is InChI=1S/C26H27N5O/c1-30(16-12-19-18-29-23-10-3-2-8-21(19)23)26(32)22-9-5-14-28-25(22)31-15-6-11-24(31)20-7-4-13-27-17-20/h2-5,7-10,13-14,17-18,24,29H,6,11-12,15-16H2,1H3. The van der Waals surface area contributed by atoms with Gasteiger partial charge in [-0.3, -0.25) is 9.78 Å². The maximum Gasteiger partial charge on any atom is 0.257 e. The Bertz CT molecular complexity index is 1220. The van der Waals surface area contributed by atoms with Crippen LogP contribution in [0.1, 0.15) is 40.4 Å². The van der Waals surface area contributed by atoms with Crippen molar-refractivity contribution in [3.8, 4) is 0 Å². The van der Waals surface area contributed by atoms with Crippen molar-refractivity contribution in [3.63, 3.8) is 0 Å². The number of rotatable bonds is 6. The molecule has 5 rings (SSSR count). The molecule has 162 valence electrons. The average molecular weight is 426 g/mol. The normalized spacial score (nSPS) is 15.9. The highest BCUT2D eigenvalue weighted by molar-refractivity contribution is 5.99. The van der Waals surface area contributed by atoms with Gasteiger partial charge in [-0.2, -0.15) is 0 Å². The molecule has 1 fully saturated rings. The summed E-state index contributed by atoms with van der Waals surface area (Å²) in [7, 11) is 1.87. The fraction of sp³-hybridized carbons (Fsp3) is 0.269. The topological polar surface area (TPSA) is 65.1 Å². The van der Waals surface area contributed by atoms with Gasteiger partial charge in [0.25, 0.3) is 5.91 Å². The molecule has 4 heterocycles. The number of H-pyrrole nitrogens is 1. The maximum atomic E-state index is 13.4. The Labute approximate surface area is 187 Å². The van der Waals surface area contributed by atoms with Crippen molar-refractivity contribution in [2.75, 3.05) is 25.0 Å². The van der Waals surface area contributed by atoms with Crippen molar-refractivity contribution in [1.82, 2.24) is 19.9 Å². The first kappa shape index (κ1) is 20.2. The Kier molecular flexibility index (Phi) is 5.58. The molecule has 1 aliphatic rings. The van der Waals surface area contributed by atoms with Crippen molar-refractivity contribution in [3.05, 3.63) is 90.0 Å². The third-order valence-corrected chi connectivity index (χ3v) is 6.35. The fourth-order valence-corrected chi connectivity index (χ4v) is 4.67. The Hall–Kier alpha value is -3.67. The van der Waals surface area contributed by atoms with E-state index in [4.69, 9.17) is 0 Å². The van der Waals surface area contributed by atoms with Crippen LogP contribution in [-0.4, -0.2) is 45.9 Å². The van der Waals surface area contributed by atoms with E-state index in [9.17, 15) is 4.79 Å². The zero-order valence-corrected chi connectivity index (χ0v) is 18.2. The minimum atomic E-state index is 0.00442. The summed E-state index contributed by atoms with van der Waals surface area (Å²) in [6, 6.07) is 16.3. The molecule has 1 unspecified atom stereocenters. The number of hydrogen-bond donors (Lipinski definition) is 1. The number of likely N-dealkylation sites (N-methyl/N-ethyl adjacent to an activating group) is 1. The molecule has 0 bridgehead atoms. The van der Waals surface area contributed by atoms with Crippen LogP contribution in [0.4, 0.5) is 5.82 Å². The highest BCUT2D eigenvalue weighted by atomic mass is 16.2. The highest BCUT2D eigenvalue weighted by Crippen LogP contribution is 2.36. The van der Waals surface area contributed by atoms with E-state index in [0.717, 1.165) is 37.1 Å². The lowest BCUT2D eigenvalue weighted by molar-refractivity contribution is 0.0797. The Morgan fingerprint density at radius 3 is 2.91 bits per heavy atom. The number of aromatic amines is 1. The number of fused-ring (bicyclic) bond motifs is 1. The number of aromatic nitrogens is 3. The van der Waals surface area contributed by atoms with Crippen LogP contribution >= 0.6 is 0 Å². The van der Waals surface area contributed by atoms with Crippen molar-refractivity contribution in [2.45, 2.75) is 25.3 Å². The summed E-state index contributed by atoms with van der Waals surface area (Å²) in [5, 5.41) is 1.21. The number of pyridine rings is 2. The number of carbonyl (C=O) groups is 1. The second-order valence-electron chi connectivity index (χ2n) is 8.35. The first-order valence-electron chi connectivity index (χ1n) is 11.1. The zero-order valence-electron chi connectivity index (χ0n) is 18.2. The molecule has 1 aliphatic heterocycles. The van der Waals surface area contributed by atoms with Crippen LogP contribution in [0.3, 0.4) is 0 Å². The van der Waals surface area contributed by atoms with Gasteiger partial charge < -0.3 is 14.8 Å². The second-order valence-corrected chi connectivity index (χ2v) is 8.35. The zero-order chi connectivity index (χ0) is 21.9. The predicted octanol–water partition coefficient (Wildman–Crippen LogP) is 4.61. The monoisotopic (exact) mass is 425 g/mol. The van der Waals surface area contributed by atoms with E-state index in [2.05, 4.69) is 38.1 Å². The molecular formula is C26H27N5O. The van der Waals surface area contributed by atoms with Crippen LogP contribution in [0.25, 0.3) is 10.9 Å². The van der Waals surface area contributed by atoms with Gasteiger partial charge in [-0.25, -0.2) is 4.98 Å². The van der Waals surface area contributed by atoms with E-state index < -0.39 is 0 Å². The van der Waals surface area contributed by atoms with Crippen molar-refractivity contribution < 1.29 is 4.79 Å². The van der Waals surface area contributed by atoms with Gasteiger partial charge in [0.1, 0.15) is 5.82 Å². The lowest BCUT2D eigenvalue weighted by Crippen LogP contribution is -2.32. The van der Waals surface area contributed by atoms with Crippen molar-refractivity contribution in [1.29, 1.82) is 0 Å². The van der Waals surface area contributed by atoms with Gasteiger partial charge in [0.2, 0.25) is 0 Å². The third kappa shape index (κ3) is 3.84. The van der Waals surface area contributed by atoms with E-state index in [1.165, 1.54) is 16.5 Å². The predicted molar refractivity (Wildman–Crippen MR) is 127 cm³/mol. The van der Waals surface area contributed by atoms with E-state index in [1.54, 1.807) is 17.3 Å². The third-order valence-electron chi connectivity index (χ3n) is 6.35. The number of nitrogens with one attached hydrogen (secondary N) is 1. The van der Waals surface area contributed by atoms with Crippen LogP contribution in [0.15, 0.2) is 73.3 Å². The number of anilines is 1. The van der Waals surface area contributed by atoms with Gasteiger partial charge in [0.15, 0.2) is 0 Å².